The minimum atomic E-state index is 0.0831. The highest BCUT2D eigenvalue weighted by Crippen LogP contribution is 2.19. The lowest BCUT2D eigenvalue weighted by Crippen LogP contribution is -2.21. The summed E-state index contributed by atoms with van der Waals surface area (Å²) in [6.45, 7) is 2.03. The van der Waals surface area contributed by atoms with Gasteiger partial charge in [0.05, 0.1) is 10.4 Å². The molecular weight excluding hydrogens is 212 g/mol. The number of thiazole rings is 1. The zero-order chi connectivity index (χ0) is 10.7. The standard InChI is InChI=1S/C9H12N4OS/c1-2-6(10)3-8-12-9(13-14-8)7-4-11-5-15-7/h4-6H,2-3,10H2,1H3. The van der Waals surface area contributed by atoms with Crippen molar-refractivity contribution in [3.05, 3.63) is 17.6 Å². The van der Waals surface area contributed by atoms with Gasteiger partial charge < -0.3 is 10.3 Å². The summed E-state index contributed by atoms with van der Waals surface area (Å²) in [5, 5.41) is 3.87. The molecule has 0 aliphatic rings. The fraction of sp³-hybridized carbons (Fsp3) is 0.444. The Kier molecular flexibility index (Phi) is 3.08. The van der Waals surface area contributed by atoms with Crippen LogP contribution in [0.4, 0.5) is 0 Å². The van der Waals surface area contributed by atoms with Crippen LogP contribution in [0.2, 0.25) is 0 Å². The Bertz CT molecular complexity index is 411. The van der Waals surface area contributed by atoms with Crippen LogP contribution in [0, 0.1) is 0 Å². The largest absolute Gasteiger partial charge is 0.339 e. The van der Waals surface area contributed by atoms with Crippen molar-refractivity contribution in [3.8, 4) is 10.7 Å². The van der Waals surface area contributed by atoms with Gasteiger partial charge in [0.1, 0.15) is 0 Å². The summed E-state index contributed by atoms with van der Waals surface area (Å²) in [5.74, 6) is 1.18. The summed E-state index contributed by atoms with van der Waals surface area (Å²) in [7, 11) is 0. The van der Waals surface area contributed by atoms with Crippen LogP contribution in [-0.2, 0) is 6.42 Å². The number of nitrogens with zero attached hydrogens (tertiary/aromatic N) is 3. The third-order valence-corrected chi connectivity index (χ3v) is 2.85. The molecular formula is C9H12N4OS. The fourth-order valence-electron chi connectivity index (χ4n) is 1.13. The second kappa shape index (κ2) is 4.50. The molecule has 0 radical (unpaired) electrons. The van der Waals surface area contributed by atoms with Gasteiger partial charge in [-0.25, -0.2) is 0 Å². The van der Waals surface area contributed by atoms with E-state index in [1.165, 1.54) is 11.3 Å². The second-order valence-corrected chi connectivity index (χ2v) is 4.14. The molecule has 2 aromatic heterocycles. The van der Waals surface area contributed by atoms with E-state index in [1.54, 1.807) is 11.7 Å². The lowest BCUT2D eigenvalue weighted by molar-refractivity contribution is 0.368. The molecule has 80 valence electrons. The predicted molar refractivity (Wildman–Crippen MR) is 57.4 cm³/mol. The van der Waals surface area contributed by atoms with Gasteiger partial charge in [-0.15, -0.1) is 11.3 Å². The first kappa shape index (κ1) is 10.3. The zero-order valence-electron chi connectivity index (χ0n) is 8.38. The van der Waals surface area contributed by atoms with Crippen LogP contribution in [0.5, 0.6) is 0 Å². The smallest absolute Gasteiger partial charge is 0.228 e. The average molecular weight is 224 g/mol. The number of aromatic nitrogens is 3. The topological polar surface area (TPSA) is 77.8 Å². The first-order valence-corrected chi connectivity index (χ1v) is 5.64. The quantitative estimate of drug-likeness (QED) is 0.850. The van der Waals surface area contributed by atoms with Gasteiger partial charge in [-0.3, -0.25) is 4.98 Å². The van der Waals surface area contributed by atoms with Gasteiger partial charge in [-0.05, 0) is 6.42 Å². The maximum atomic E-state index is 5.80. The van der Waals surface area contributed by atoms with Crippen LogP contribution in [0.15, 0.2) is 16.2 Å². The van der Waals surface area contributed by atoms with Gasteiger partial charge in [0.2, 0.25) is 11.7 Å². The number of nitrogens with two attached hydrogens (primary N) is 1. The Morgan fingerprint density at radius 1 is 1.60 bits per heavy atom. The fourth-order valence-corrected chi connectivity index (χ4v) is 1.68. The lowest BCUT2D eigenvalue weighted by atomic mass is 10.2. The van der Waals surface area contributed by atoms with Crippen molar-refractivity contribution in [2.75, 3.05) is 0 Å². The summed E-state index contributed by atoms with van der Waals surface area (Å²) < 4.78 is 5.10. The van der Waals surface area contributed by atoms with Crippen molar-refractivity contribution in [2.24, 2.45) is 5.73 Å². The van der Waals surface area contributed by atoms with Crippen molar-refractivity contribution >= 4 is 11.3 Å². The Balaban J connectivity index is 2.11. The van der Waals surface area contributed by atoms with E-state index in [-0.39, 0.29) is 6.04 Å². The van der Waals surface area contributed by atoms with E-state index in [0.29, 0.717) is 18.1 Å². The average Bonchev–Trinajstić information content (AvgIpc) is 2.85. The molecule has 0 bridgehead atoms. The molecule has 0 spiro atoms. The van der Waals surface area contributed by atoms with Crippen LogP contribution >= 0.6 is 11.3 Å². The van der Waals surface area contributed by atoms with Crippen molar-refractivity contribution in [1.82, 2.24) is 15.1 Å². The van der Waals surface area contributed by atoms with E-state index in [1.807, 2.05) is 6.92 Å². The molecule has 0 aromatic carbocycles. The first-order chi connectivity index (χ1) is 7.29. The molecule has 1 unspecified atom stereocenters. The summed E-state index contributed by atoms with van der Waals surface area (Å²) in [6.07, 6.45) is 3.25. The second-order valence-electron chi connectivity index (χ2n) is 3.25. The number of hydrogen-bond donors (Lipinski definition) is 1. The van der Waals surface area contributed by atoms with E-state index in [9.17, 15) is 0 Å². The molecule has 2 N–H and O–H groups in total. The number of rotatable bonds is 4. The SMILES string of the molecule is CCC(N)Cc1nc(-c2cncs2)no1. The highest BCUT2D eigenvalue weighted by Gasteiger charge is 2.11. The molecule has 0 aliphatic carbocycles. The highest BCUT2D eigenvalue weighted by atomic mass is 32.1. The van der Waals surface area contributed by atoms with Crippen LogP contribution in [0.25, 0.3) is 10.7 Å². The van der Waals surface area contributed by atoms with Gasteiger partial charge in [0, 0.05) is 18.7 Å². The van der Waals surface area contributed by atoms with Gasteiger partial charge >= 0.3 is 0 Å². The zero-order valence-corrected chi connectivity index (χ0v) is 9.20. The lowest BCUT2D eigenvalue weighted by Gasteiger charge is -2.02. The minimum absolute atomic E-state index is 0.0831. The van der Waals surface area contributed by atoms with E-state index in [2.05, 4.69) is 15.1 Å². The number of hydrogen-bond acceptors (Lipinski definition) is 6. The molecule has 2 rings (SSSR count). The normalized spacial score (nSPS) is 12.9. The van der Waals surface area contributed by atoms with E-state index in [4.69, 9.17) is 10.3 Å². The Morgan fingerprint density at radius 2 is 2.47 bits per heavy atom. The predicted octanol–water partition coefficient (Wildman–Crippen LogP) is 1.47. The van der Waals surface area contributed by atoms with Gasteiger partial charge in [0.25, 0.3) is 0 Å². The molecule has 0 saturated carbocycles. The molecule has 2 aromatic rings. The van der Waals surface area contributed by atoms with Crippen molar-refractivity contribution < 1.29 is 4.52 Å². The molecule has 15 heavy (non-hydrogen) atoms. The molecule has 6 heteroatoms. The van der Waals surface area contributed by atoms with Gasteiger partial charge in [-0.2, -0.15) is 4.98 Å². The van der Waals surface area contributed by atoms with E-state index >= 15 is 0 Å². The van der Waals surface area contributed by atoms with Crippen LogP contribution < -0.4 is 5.73 Å². The molecule has 0 saturated heterocycles. The molecule has 0 aliphatic heterocycles. The monoisotopic (exact) mass is 224 g/mol. The summed E-state index contributed by atoms with van der Waals surface area (Å²) in [4.78, 5) is 9.12. The molecule has 1 atom stereocenters. The molecule has 5 nitrogen and oxygen atoms in total. The minimum Gasteiger partial charge on any atom is -0.339 e. The summed E-state index contributed by atoms with van der Waals surface area (Å²) >= 11 is 1.49. The molecule has 2 heterocycles. The Hall–Kier alpha value is -1.27. The summed E-state index contributed by atoms with van der Waals surface area (Å²) in [5.41, 5.74) is 7.53. The maximum Gasteiger partial charge on any atom is 0.228 e. The Labute approximate surface area is 91.3 Å². The van der Waals surface area contributed by atoms with Crippen molar-refractivity contribution in [3.63, 3.8) is 0 Å². The van der Waals surface area contributed by atoms with E-state index < -0.39 is 0 Å². The third-order valence-electron chi connectivity index (χ3n) is 2.08. The Morgan fingerprint density at radius 3 is 3.13 bits per heavy atom. The van der Waals surface area contributed by atoms with E-state index in [0.717, 1.165) is 11.3 Å². The van der Waals surface area contributed by atoms with Crippen LogP contribution in [0.1, 0.15) is 19.2 Å². The van der Waals surface area contributed by atoms with Crippen LogP contribution in [-0.4, -0.2) is 21.2 Å². The maximum absolute atomic E-state index is 5.80. The van der Waals surface area contributed by atoms with Crippen molar-refractivity contribution in [2.45, 2.75) is 25.8 Å². The first-order valence-electron chi connectivity index (χ1n) is 4.76. The highest BCUT2D eigenvalue weighted by molar-refractivity contribution is 7.13. The van der Waals surface area contributed by atoms with Gasteiger partial charge in [0.15, 0.2) is 0 Å². The third kappa shape index (κ3) is 2.40. The molecule has 0 fully saturated rings. The van der Waals surface area contributed by atoms with Crippen LogP contribution in [0.3, 0.4) is 0 Å². The van der Waals surface area contributed by atoms with Gasteiger partial charge in [-0.1, -0.05) is 12.1 Å². The summed E-state index contributed by atoms with van der Waals surface area (Å²) in [6, 6.07) is 0.0831. The molecule has 0 amide bonds. The van der Waals surface area contributed by atoms with Crippen molar-refractivity contribution in [1.29, 1.82) is 0 Å².